The van der Waals surface area contributed by atoms with Crippen molar-refractivity contribution in [1.29, 1.82) is 0 Å². The van der Waals surface area contributed by atoms with Gasteiger partial charge in [0.25, 0.3) is 5.56 Å². The fourth-order valence-electron chi connectivity index (χ4n) is 1.87. The fraction of sp³-hybridized carbons (Fsp3) is 0.364. The van der Waals surface area contributed by atoms with Crippen molar-refractivity contribution in [3.05, 3.63) is 34.1 Å². The van der Waals surface area contributed by atoms with Crippen LogP contribution in [0.2, 0.25) is 0 Å². The van der Waals surface area contributed by atoms with E-state index in [9.17, 15) is 4.79 Å². The number of fused-ring (bicyclic) bond motifs is 1. The average molecular weight is 190 g/mol. The predicted octanol–water partition coefficient (Wildman–Crippen LogP) is 1.67. The van der Waals surface area contributed by atoms with Crippen LogP contribution >= 0.6 is 0 Å². The Morgan fingerprint density at radius 2 is 2.07 bits per heavy atom. The molecule has 0 saturated carbocycles. The molecule has 0 bridgehead atoms. The van der Waals surface area contributed by atoms with E-state index in [0.29, 0.717) is 0 Å². The zero-order valence-electron chi connectivity index (χ0n) is 8.74. The molecule has 0 amide bonds. The van der Waals surface area contributed by atoms with Gasteiger partial charge in [-0.3, -0.25) is 14.2 Å². The summed E-state index contributed by atoms with van der Waals surface area (Å²) in [5.74, 6) is 0. The van der Waals surface area contributed by atoms with E-state index >= 15 is 0 Å². The summed E-state index contributed by atoms with van der Waals surface area (Å²) in [5.41, 5.74) is 2.24. The highest BCUT2D eigenvalue weighted by molar-refractivity contribution is 5.79. The monoisotopic (exact) mass is 190 g/mol. The molecule has 74 valence electrons. The molecule has 0 spiro atoms. The summed E-state index contributed by atoms with van der Waals surface area (Å²) in [4.78, 5) is 11.8. The number of rotatable bonds is 1. The van der Waals surface area contributed by atoms with Crippen molar-refractivity contribution >= 4 is 10.9 Å². The first-order valence-electron chi connectivity index (χ1n) is 4.81. The molecular formula is C11H14N2O. The van der Waals surface area contributed by atoms with Gasteiger partial charge in [-0.15, -0.1) is 0 Å². The van der Waals surface area contributed by atoms with Crippen LogP contribution in [-0.2, 0) is 13.6 Å². The van der Waals surface area contributed by atoms with Crippen LogP contribution in [0.25, 0.3) is 10.9 Å². The Balaban J connectivity index is 2.96. The van der Waals surface area contributed by atoms with Gasteiger partial charge >= 0.3 is 0 Å². The molecule has 3 heteroatoms. The van der Waals surface area contributed by atoms with Gasteiger partial charge in [-0.25, -0.2) is 0 Å². The summed E-state index contributed by atoms with van der Waals surface area (Å²) in [6, 6.07) is 5.99. The Morgan fingerprint density at radius 1 is 1.36 bits per heavy atom. The van der Waals surface area contributed by atoms with Gasteiger partial charge in [-0.05, 0) is 26.0 Å². The maximum absolute atomic E-state index is 11.8. The third-order valence-electron chi connectivity index (χ3n) is 2.62. The Bertz CT molecular complexity index is 534. The maximum Gasteiger partial charge on any atom is 0.274 e. The first-order valence-corrected chi connectivity index (χ1v) is 4.81. The molecule has 0 aliphatic rings. The Hall–Kier alpha value is -1.51. The third kappa shape index (κ3) is 1.09. The zero-order chi connectivity index (χ0) is 10.3. The molecule has 0 N–H and O–H groups in total. The van der Waals surface area contributed by atoms with Crippen LogP contribution in [0.1, 0.15) is 12.5 Å². The number of hydrogen-bond donors (Lipinski definition) is 0. The largest absolute Gasteiger partial charge is 0.282 e. The molecule has 1 aromatic heterocycles. The second-order valence-corrected chi connectivity index (χ2v) is 3.57. The summed E-state index contributed by atoms with van der Waals surface area (Å²) in [5, 5.41) is 0.814. The average Bonchev–Trinajstić information content (AvgIpc) is 2.41. The third-order valence-corrected chi connectivity index (χ3v) is 2.62. The molecule has 14 heavy (non-hydrogen) atoms. The van der Waals surface area contributed by atoms with Gasteiger partial charge in [0.15, 0.2) is 0 Å². The lowest BCUT2D eigenvalue weighted by Gasteiger charge is -2.04. The smallest absolute Gasteiger partial charge is 0.274 e. The lowest BCUT2D eigenvalue weighted by atomic mass is 10.2. The van der Waals surface area contributed by atoms with Crippen molar-refractivity contribution in [3.63, 3.8) is 0 Å². The molecule has 0 fully saturated rings. The molecule has 0 aliphatic carbocycles. The van der Waals surface area contributed by atoms with E-state index in [1.807, 2.05) is 36.7 Å². The fourth-order valence-corrected chi connectivity index (χ4v) is 1.87. The molecule has 0 saturated heterocycles. The van der Waals surface area contributed by atoms with E-state index in [-0.39, 0.29) is 5.56 Å². The van der Waals surface area contributed by atoms with E-state index in [1.165, 1.54) is 0 Å². The van der Waals surface area contributed by atoms with Crippen LogP contribution in [0.3, 0.4) is 0 Å². The quantitative estimate of drug-likeness (QED) is 0.672. The minimum Gasteiger partial charge on any atom is -0.282 e. The number of benzene rings is 1. The van der Waals surface area contributed by atoms with E-state index in [2.05, 4.69) is 0 Å². The van der Waals surface area contributed by atoms with Crippen molar-refractivity contribution in [3.8, 4) is 0 Å². The topological polar surface area (TPSA) is 26.9 Å². The van der Waals surface area contributed by atoms with Crippen molar-refractivity contribution in [2.45, 2.75) is 20.4 Å². The Morgan fingerprint density at radius 3 is 2.71 bits per heavy atom. The van der Waals surface area contributed by atoms with Gasteiger partial charge in [-0.1, -0.05) is 11.6 Å². The first-order chi connectivity index (χ1) is 6.65. The highest BCUT2D eigenvalue weighted by Gasteiger charge is 2.08. The summed E-state index contributed by atoms with van der Waals surface area (Å²) in [7, 11) is 1.81. The van der Waals surface area contributed by atoms with Gasteiger partial charge in [0, 0.05) is 13.6 Å². The number of aromatic nitrogens is 2. The van der Waals surface area contributed by atoms with Crippen LogP contribution in [0.5, 0.6) is 0 Å². The molecule has 0 radical (unpaired) electrons. The van der Waals surface area contributed by atoms with Gasteiger partial charge in [-0.2, -0.15) is 0 Å². The van der Waals surface area contributed by atoms with Crippen molar-refractivity contribution < 1.29 is 0 Å². The molecule has 0 aliphatic heterocycles. The zero-order valence-corrected chi connectivity index (χ0v) is 8.74. The standard InChI is InChI=1S/C11H14N2O/c1-4-13-10-6-5-8(2)7-9(10)11(14)12(13)3/h5-7H,4H2,1-3H3. The molecule has 1 aromatic carbocycles. The second-order valence-electron chi connectivity index (χ2n) is 3.57. The van der Waals surface area contributed by atoms with Crippen molar-refractivity contribution in [2.75, 3.05) is 0 Å². The Labute approximate surface area is 82.6 Å². The van der Waals surface area contributed by atoms with Crippen molar-refractivity contribution in [2.24, 2.45) is 7.05 Å². The maximum atomic E-state index is 11.8. The Kier molecular flexibility index (Phi) is 1.95. The van der Waals surface area contributed by atoms with Crippen LogP contribution in [0.15, 0.2) is 23.0 Å². The lowest BCUT2D eigenvalue weighted by molar-refractivity contribution is 0.539. The van der Waals surface area contributed by atoms with Crippen LogP contribution in [0.4, 0.5) is 0 Å². The van der Waals surface area contributed by atoms with Gasteiger partial charge in [0.1, 0.15) is 0 Å². The number of aryl methyl sites for hydroxylation is 2. The SMILES string of the molecule is CCn1c2ccc(C)cc2c(=O)n1C. The normalized spacial score (nSPS) is 11.1. The first kappa shape index (κ1) is 9.06. The van der Waals surface area contributed by atoms with E-state index in [4.69, 9.17) is 0 Å². The van der Waals surface area contributed by atoms with E-state index < -0.39 is 0 Å². The van der Waals surface area contributed by atoms with E-state index in [0.717, 1.165) is 23.0 Å². The summed E-state index contributed by atoms with van der Waals surface area (Å²) < 4.78 is 3.65. The minimum atomic E-state index is 0.0885. The summed E-state index contributed by atoms with van der Waals surface area (Å²) >= 11 is 0. The van der Waals surface area contributed by atoms with Crippen LogP contribution in [-0.4, -0.2) is 9.36 Å². The predicted molar refractivity (Wildman–Crippen MR) is 57.6 cm³/mol. The van der Waals surface area contributed by atoms with Gasteiger partial charge < -0.3 is 0 Å². The van der Waals surface area contributed by atoms with Crippen molar-refractivity contribution in [1.82, 2.24) is 9.36 Å². The highest BCUT2D eigenvalue weighted by Crippen LogP contribution is 2.12. The van der Waals surface area contributed by atoms with Gasteiger partial charge in [0.05, 0.1) is 10.9 Å². The van der Waals surface area contributed by atoms with Crippen LogP contribution < -0.4 is 5.56 Å². The summed E-state index contributed by atoms with van der Waals surface area (Å²) in [6.45, 7) is 4.86. The molecular weight excluding hydrogens is 176 g/mol. The van der Waals surface area contributed by atoms with E-state index in [1.54, 1.807) is 11.7 Å². The number of hydrogen-bond acceptors (Lipinski definition) is 1. The molecule has 0 atom stereocenters. The number of nitrogens with zero attached hydrogens (tertiary/aromatic N) is 2. The molecule has 2 rings (SSSR count). The molecule has 0 unspecified atom stereocenters. The molecule has 3 nitrogen and oxygen atoms in total. The minimum absolute atomic E-state index is 0.0885. The lowest BCUT2D eigenvalue weighted by Crippen LogP contribution is -2.18. The molecule has 1 heterocycles. The second kappa shape index (κ2) is 3.01. The molecule has 2 aromatic rings. The summed E-state index contributed by atoms with van der Waals surface area (Å²) in [6.07, 6.45) is 0. The van der Waals surface area contributed by atoms with Crippen LogP contribution in [0, 0.1) is 6.92 Å². The highest BCUT2D eigenvalue weighted by atomic mass is 16.1. The van der Waals surface area contributed by atoms with Gasteiger partial charge in [0.2, 0.25) is 0 Å².